The van der Waals surface area contributed by atoms with Gasteiger partial charge in [-0.25, -0.2) is 0 Å². The zero-order valence-corrected chi connectivity index (χ0v) is 10.5. The monoisotopic (exact) mass is 269 g/mol. The first-order valence-electron chi connectivity index (χ1n) is 6.02. The Bertz CT molecular complexity index is 686. The lowest BCUT2D eigenvalue weighted by atomic mass is 10.2. The largest absolute Gasteiger partial charge is 0.368 e. The zero-order chi connectivity index (χ0) is 14.1. The topological polar surface area (TPSA) is 102 Å². The summed E-state index contributed by atoms with van der Waals surface area (Å²) in [4.78, 5) is 36.5. The maximum atomic E-state index is 11.7. The maximum absolute atomic E-state index is 11.7. The highest BCUT2D eigenvalue weighted by Crippen LogP contribution is 2.20. The minimum atomic E-state index is -0.320. The summed E-state index contributed by atoms with van der Waals surface area (Å²) in [6, 6.07) is 9.22. The van der Waals surface area contributed by atoms with Crippen molar-refractivity contribution < 1.29 is 9.59 Å². The fourth-order valence-corrected chi connectivity index (χ4v) is 1.98. The second-order valence-corrected chi connectivity index (χ2v) is 4.38. The molecule has 0 atom stereocenters. The van der Waals surface area contributed by atoms with Crippen molar-refractivity contribution in [2.75, 3.05) is 17.2 Å². The number of hydrogen-bond donors (Lipinski definition) is 1. The molecule has 1 fully saturated rings. The molecule has 0 unspecified atom stereocenters. The van der Waals surface area contributed by atoms with Gasteiger partial charge in [0.05, 0.1) is 13.0 Å². The van der Waals surface area contributed by atoms with Crippen LogP contribution in [0.2, 0.25) is 0 Å². The van der Waals surface area contributed by atoms with Crippen LogP contribution in [0.1, 0.15) is 6.42 Å². The third kappa shape index (κ3) is 2.20. The number of hydrogen-bond acceptors (Lipinski definition) is 6. The molecule has 100 valence electrons. The Morgan fingerprint density at radius 3 is 2.45 bits per heavy atom. The molecule has 2 aromatic rings. The highest BCUT2D eigenvalue weighted by molar-refractivity contribution is 6.14. The molecule has 2 heterocycles. The summed E-state index contributed by atoms with van der Waals surface area (Å²) >= 11 is 0. The average Bonchev–Trinajstić information content (AvgIpc) is 2.78. The normalized spacial score (nSPS) is 14.9. The van der Waals surface area contributed by atoms with Gasteiger partial charge in [-0.15, -0.1) is 0 Å². The molecular weight excluding hydrogens is 258 g/mol. The minimum Gasteiger partial charge on any atom is -0.368 e. The van der Waals surface area contributed by atoms with Crippen molar-refractivity contribution in [2.45, 2.75) is 6.42 Å². The second-order valence-electron chi connectivity index (χ2n) is 4.38. The van der Waals surface area contributed by atoms with Gasteiger partial charge < -0.3 is 5.73 Å². The van der Waals surface area contributed by atoms with Gasteiger partial charge in [0.15, 0.2) is 11.6 Å². The molecule has 0 aliphatic carbocycles. The Morgan fingerprint density at radius 2 is 1.80 bits per heavy atom. The number of aromatic nitrogens is 3. The molecule has 7 heteroatoms. The predicted molar refractivity (Wildman–Crippen MR) is 71.7 cm³/mol. The van der Waals surface area contributed by atoms with Crippen LogP contribution >= 0.6 is 0 Å². The van der Waals surface area contributed by atoms with Gasteiger partial charge in [0, 0.05) is 5.56 Å². The lowest BCUT2D eigenvalue weighted by Gasteiger charge is -2.13. The van der Waals surface area contributed by atoms with Gasteiger partial charge in [0.1, 0.15) is 0 Å². The molecule has 7 nitrogen and oxygen atoms in total. The van der Waals surface area contributed by atoms with Crippen molar-refractivity contribution in [1.82, 2.24) is 15.0 Å². The van der Waals surface area contributed by atoms with Gasteiger partial charge in [0.2, 0.25) is 17.8 Å². The zero-order valence-electron chi connectivity index (χ0n) is 10.5. The molecule has 0 spiro atoms. The molecule has 1 aliphatic rings. The van der Waals surface area contributed by atoms with Crippen molar-refractivity contribution in [3.63, 3.8) is 0 Å². The van der Waals surface area contributed by atoms with Crippen LogP contribution in [0.5, 0.6) is 0 Å². The molecule has 0 saturated carbocycles. The van der Waals surface area contributed by atoms with E-state index in [2.05, 4.69) is 15.0 Å². The summed E-state index contributed by atoms with van der Waals surface area (Å²) in [6.07, 6.45) is -0.119. The van der Waals surface area contributed by atoms with Gasteiger partial charge in [-0.3, -0.25) is 14.5 Å². The van der Waals surface area contributed by atoms with Gasteiger partial charge in [-0.1, -0.05) is 30.3 Å². The van der Waals surface area contributed by atoms with E-state index >= 15 is 0 Å². The molecule has 1 amide bonds. The Hall–Kier alpha value is -2.83. The minimum absolute atomic E-state index is 0.0148. The molecule has 1 aromatic carbocycles. The lowest BCUT2D eigenvalue weighted by molar-refractivity contribution is -0.121. The van der Waals surface area contributed by atoms with Gasteiger partial charge in [-0.2, -0.15) is 15.0 Å². The molecule has 1 aliphatic heterocycles. The molecule has 0 bridgehead atoms. The number of nitrogens with zero attached hydrogens (tertiary/aromatic N) is 4. The SMILES string of the molecule is Nc1nc(-c2ccccc2)nc(N2CC(=O)CC2=O)n1. The molecule has 0 radical (unpaired) electrons. The summed E-state index contributed by atoms with van der Waals surface area (Å²) in [6.45, 7) is -0.0173. The number of carbonyl (C=O) groups excluding carboxylic acids is 2. The van der Waals surface area contributed by atoms with Crippen molar-refractivity contribution in [3.8, 4) is 11.4 Å². The van der Waals surface area contributed by atoms with E-state index in [1.54, 1.807) is 0 Å². The number of amides is 1. The smallest absolute Gasteiger partial charge is 0.237 e. The van der Waals surface area contributed by atoms with Crippen molar-refractivity contribution in [3.05, 3.63) is 30.3 Å². The van der Waals surface area contributed by atoms with E-state index in [9.17, 15) is 9.59 Å². The number of ketones is 1. The van der Waals surface area contributed by atoms with Crippen molar-refractivity contribution in [2.24, 2.45) is 0 Å². The molecular formula is C13H11N5O2. The first-order valence-corrected chi connectivity index (χ1v) is 6.02. The molecule has 2 N–H and O–H groups in total. The Kier molecular flexibility index (Phi) is 2.86. The Morgan fingerprint density at radius 1 is 1.05 bits per heavy atom. The summed E-state index contributed by atoms with van der Waals surface area (Å²) in [5.41, 5.74) is 6.42. The van der Waals surface area contributed by atoms with Gasteiger partial charge in [-0.05, 0) is 0 Å². The number of anilines is 2. The third-order valence-corrected chi connectivity index (χ3v) is 2.90. The molecule has 20 heavy (non-hydrogen) atoms. The van der Waals surface area contributed by atoms with Crippen LogP contribution in [0, 0.1) is 0 Å². The number of rotatable bonds is 2. The van der Waals surface area contributed by atoms with E-state index in [0.717, 1.165) is 5.56 Å². The van der Waals surface area contributed by atoms with Gasteiger partial charge in [0.25, 0.3) is 0 Å². The van der Waals surface area contributed by atoms with Crippen LogP contribution in [-0.2, 0) is 9.59 Å². The highest BCUT2D eigenvalue weighted by Gasteiger charge is 2.31. The second kappa shape index (κ2) is 4.69. The first kappa shape index (κ1) is 12.2. The standard InChI is InChI=1S/C13H11N5O2/c14-12-15-11(8-4-2-1-3-5-8)16-13(17-12)18-7-9(19)6-10(18)20/h1-5H,6-7H2,(H2,14,15,16,17). The van der Waals surface area contributed by atoms with Crippen molar-refractivity contribution >= 4 is 23.6 Å². The summed E-state index contributed by atoms with van der Waals surface area (Å²) < 4.78 is 0. The van der Waals surface area contributed by atoms with E-state index < -0.39 is 0 Å². The fourth-order valence-electron chi connectivity index (χ4n) is 1.98. The van der Waals surface area contributed by atoms with E-state index in [4.69, 9.17) is 5.73 Å². The fraction of sp³-hybridized carbons (Fsp3) is 0.154. The Balaban J connectivity index is 2.03. The van der Waals surface area contributed by atoms with Crippen LogP contribution in [0.15, 0.2) is 30.3 Å². The molecule has 1 saturated heterocycles. The summed E-state index contributed by atoms with van der Waals surface area (Å²) in [7, 11) is 0. The van der Waals surface area contributed by atoms with Crippen LogP contribution in [0.4, 0.5) is 11.9 Å². The summed E-state index contributed by atoms with van der Waals surface area (Å²) in [5.74, 6) is 0.0308. The van der Waals surface area contributed by atoms with E-state index in [0.29, 0.717) is 5.82 Å². The number of Topliss-reactive ketones (excluding diaryl/α,β-unsaturated/α-hetero) is 1. The Labute approximate surface area is 114 Å². The first-order chi connectivity index (χ1) is 9.63. The number of nitrogens with two attached hydrogens (primary N) is 1. The van der Waals surface area contributed by atoms with Crippen LogP contribution < -0.4 is 10.6 Å². The number of carbonyl (C=O) groups is 2. The highest BCUT2D eigenvalue weighted by atomic mass is 16.2. The molecule has 3 rings (SSSR count). The molecule has 1 aromatic heterocycles. The van der Waals surface area contributed by atoms with Gasteiger partial charge >= 0.3 is 0 Å². The average molecular weight is 269 g/mol. The van der Waals surface area contributed by atoms with Crippen LogP contribution in [0.3, 0.4) is 0 Å². The van der Waals surface area contributed by atoms with Crippen LogP contribution in [-0.4, -0.2) is 33.2 Å². The van der Waals surface area contributed by atoms with E-state index in [-0.39, 0.29) is 36.6 Å². The lowest BCUT2D eigenvalue weighted by Crippen LogP contribution is -2.27. The maximum Gasteiger partial charge on any atom is 0.237 e. The number of nitrogen functional groups attached to an aromatic ring is 1. The van der Waals surface area contributed by atoms with Crippen molar-refractivity contribution in [1.29, 1.82) is 0 Å². The quantitative estimate of drug-likeness (QED) is 0.793. The van der Waals surface area contributed by atoms with E-state index in [1.807, 2.05) is 30.3 Å². The van der Waals surface area contributed by atoms with Crippen LogP contribution in [0.25, 0.3) is 11.4 Å². The third-order valence-electron chi connectivity index (χ3n) is 2.90. The summed E-state index contributed by atoms with van der Waals surface area (Å²) in [5, 5.41) is 0. The predicted octanol–water partition coefficient (Wildman–Crippen LogP) is 0.427. The van der Waals surface area contributed by atoms with E-state index in [1.165, 1.54) is 4.90 Å². The number of benzene rings is 1.